The summed E-state index contributed by atoms with van der Waals surface area (Å²) in [5.74, 6) is 0. The summed E-state index contributed by atoms with van der Waals surface area (Å²) in [5.41, 5.74) is 8.29. The maximum absolute atomic E-state index is 5.15. The van der Waals surface area contributed by atoms with Gasteiger partial charge in [-0.2, -0.15) is 0 Å². The molecule has 43 heavy (non-hydrogen) atoms. The van der Waals surface area contributed by atoms with E-state index in [1.54, 1.807) is 11.3 Å². The van der Waals surface area contributed by atoms with Gasteiger partial charge in [0.2, 0.25) is 0 Å². The van der Waals surface area contributed by atoms with Crippen LogP contribution < -0.4 is 0 Å². The summed E-state index contributed by atoms with van der Waals surface area (Å²) in [6, 6.07) is 44.6. The van der Waals surface area contributed by atoms with E-state index in [0.717, 1.165) is 49.3 Å². The van der Waals surface area contributed by atoms with E-state index in [-0.39, 0.29) is 0 Å². The number of benzene rings is 4. The lowest BCUT2D eigenvalue weighted by Gasteiger charge is -2.10. The highest BCUT2D eigenvalue weighted by molar-refractivity contribution is 7.18. The lowest BCUT2D eigenvalue weighted by molar-refractivity contribution is 1.17. The highest BCUT2D eigenvalue weighted by Crippen LogP contribution is 2.43. The Hall–Kier alpha value is -5.59. The molecular weight excluding hydrogens is 547 g/mol. The molecule has 0 saturated heterocycles. The van der Waals surface area contributed by atoms with Crippen molar-refractivity contribution in [2.75, 3.05) is 0 Å². The Morgan fingerprint density at radius 3 is 1.72 bits per heavy atom. The van der Waals surface area contributed by atoms with Gasteiger partial charge in [0.1, 0.15) is 15.7 Å². The third-order valence-corrected chi connectivity index (χ3v) is 9.15. The SMILES string of the molecule is c1ccc(-n2c3ccccc3c3cc4c5ccccc5n(-c5sc(-c6ccccn6)nc5-c5ccccn5)c4cc32)cc1. The first kappa shape index (κ1) is 24.1. The van der Waals surface area contributed by atoms with Crippen LogP contribution in [0, 0.1) is 0 Å². The molecule has 0 spiro atoms. The van der Waals surface area contributed by atoms with Crippen LogP contribution >= 0.6 is 11.3 Å². The molecule has 0 unspecified atom stereocenters. The second-order valence-electron chi connectivity index (χ2n) is 10.5. The zero-order valence-electron chi connectivity index (χ0n) is 22.9. The molecule has 0 aliphatic heterocycles. The van der Waals surface area contributed by atoms with E-state index >= 15 is 0 Å². The third kappa shape index (κ3) is 3.67. The van der Waals surface area contributed by atoms with Gasteiger partial charge in [-0.3, -0.25) is 14.5 Å². The van der Waals surface area contributed by atoms with E-state index in [2.05, 4.69) is 105 Å². The number of aromatic nitrogens is 5. The highest BCUT2D eigenvalue weighted by atomic mass is 32.1. The first-order chi connectivity index (χ1) is 21.3. The van der Waals surface area contributed by atoms with Gasteiger partial charge in [0.15, 0.2) is 0 Å². The van der Waals surface area contributed by atoms with Crippen molar-refractivity contribution in [1.82, 2.24) is 24.1 Å². The average molecular weight is 570 g/mol. The summed E-state index contributed by atoms with van der Waals surface area (Å²) in [6.45, 7) is 0. The summed E-state index contributed by atoms with van der Waals surface area (Å²) in [7, 11) is 0. The minimum Gasteiger partial charge on any atom is -0.309 e. The van der Waals surface area contributed by atoms with E-state index in [1.807, 2.05) is 48.8 Å². The highest BCUT2D eigenvalue weighted by Gasteiger charge is 2.23. The topological polar surface area (TPSA) is 48.5 Å². The molecule has 0 bridgehead atoms. The number of rotatable bonds is 4. The Kier molecular flexibility index (Phi) is 5.30. The van der Waals surface area contributed by atoms with Crippen molar-refractivity contribution in [1.29, 1.82) is 0 Å². The normalized spacial score (nSPS) is 11.7. The average Bonchev–Trinajstić information content (AvgIpc) is 3.75. The number of pyridine rings is 2. The van der Waals surface area contributed by atoms with E-state index in [0.29, 0.717) is 0 Å². The number of hydrogen-bond acceptors (Lipinski definition) is 4. The zero-order valence-corrected chi connectivity index (χ0v) is 23.7. The van der Waals surface area contributed by atoms with Crippen LogP contribution in [0.2, 0.25) is 0 Å². The molecule has 0 amide bonds. The minimum absolute atomic E-state index is 0.835. The van der Waals surface area contributed by atoms with Crippen molar-refractivity contribution in [3.05, 3.63) is 140 Å². The van der Waals surface area contributed by atoms with E-state index in [1.165, 1.54) is 27.1 Å². The molecule has 9 rings (SSSR count). The van der Waals surface area contributed by atoms with Gasteiger partial charge in [0.05, 0.1) is 33.5 Å². The van der Waals surface area contributed by atoms with Gasteiger partial charge >= 0.3 is 0 Å². The summed E-state index contributed by atoms with van der Waals surface area (Å²) in [6.07, 6.45) is 3.64. The summed E-state index contributed by atoms with van der Waals surface area (Å²) >= 11 is 1.65. The minimum atomic E-state index is 0.835. The smallest absolute Gasteiger partial charge is 0.144 e. The summed E-state index contributed by atoms with van der Waals surface area (Å²) in [5, 5.41) is 6.77. The van der Waals surface area contributed by atoms with Gasteiger partial charge < -0.3 is 4.57 Å². The fourth-order valence-electron chi connectivity index (χ4n) is 6.24. The van der Waals surface area contributed by atoms with Crippen molar-refractivity contribution in [2.24, 2.45) is 0 Å². The largest absolute Gasteiger partial charge is 0.309 e. The lowest BCUT2D eigenvalue weighted by atomic mass is 10.1. The molecule has 0 aliphatic rings. The number of para-hydroxylation sites is 3. The first-order valence-electron chi connectivity index (χ1n) is 14.2. The summed E-state index contributed by atoms with van der Waals surface area (Å²) in [4.78, 5) is 14.5. The van der Waals surface area contributed by atoms with Gasteiger partial charge in [0, 0.05) is 39.6 Å². The van der Waals surface area contributed by atoms with Crippen LogP contribution in [0.1, 0.15) is 0 Å². The predicted octanol–water partition coefficient (Wildman–Crippen LogP) is 9.46. The molecule has 0 saturated carbocycles. The van der Waals surface area contributed by atoms with Crippen LogP contribution in [0.4, 0.5) is 0 Å². The molecule has 0 fully saturated rings. The molecule has 5 heterocycles. The second kappa shape index (κ2) is 9.48. The van der Waals surface area contributed by atoms with Crippen LogP contribution in [0.25, 0.3) is 76.4 Å². The van der Waals surface area contributed by atoms with Crippen molar-refractivity contribution in [3.8, 4) is 32.8 Å². The predicted molar refractivity (Wildman–Crippen MR) is 177 cm³/mol. The number of thiazole rings is 1. The van der Waals surface area contributed by atoms with Crippen LogP contribution in [0.3, 0.4) is 0 Å². The van der Waals surface area contributed by atoms with Crippen molar-refractivity contribution in [3.63, 3.8) is 0 Å². The molecule has 4 aromatic carbocycles. The van der Waals surface area contributed by atoms with E-state index < -0.39 is 0 Å². The molecule has 202 valence electrons. The Balaban J connectivity index is 1.43. The molecule has 9 aromatic rings. The van der Waals surface area contributed by atoms with Crippen LogP contribution in [-0.4, -0.2) is 24.1 Å². The third-order valence-electron chi connectivity index (χ3n) is 8.08. The fraction of sp³-hybridized carbons (Fsp3) is 0. The monoisotopic (exact) mass is 569 g/mol. The molecule has 6 heteroatoms. The second-order valence-corrected chi connectivity index (χ2v) is 11.5. The molecule has 5 nitrogen and oxygen atoms in total. The Labute approximate surface area is 251 Å². The van der Waals surface area contributed by atoms with E-state index in [9.17, 15) is 0 Å². The molecule has 0 aliphatic carbocycles. The van der Waals surface area contributed by atoms with Gasteiger partial charge in [-0.1, -0.05) is 78.1 Å². The quantitative estimate of drug-likeness (QED) is 0.212. The molecular formula is C37H23N5S. The Morgan fingerprint density at radius 2 is 1.05 bits per heavy atom. The van der Waals surface area contributed by atoms with Gasteiger partial charge in [-0.05, 0) is 60.7 Å². The molecule has 0 radical (unpaired) electrons. The van der Waals surface area contributed by atoms with Crippen LogP contribution in [-0.2, 0) is 0 Å². The number of nitrogens with zero attached hydrogens (tertiary/aromatic N) is 5. The van der Waals surface area contributed by atoms with E-state index in [4.69, 9.17) is 9.97 Å². The van der Waals surface area contributed by atoms with Crippen molar-refractivity contribution in [2.45, 2.75) is 0 Å². The van der Waals surface area contributed by atoms with Gasteiger partial charge in [0.25, 0.3) is 0 Å². The van der Waals surface area contributed by atoms with Crippen molar-refractivity contribution < 1.29 is 0 Å². The summed E-state index contributed by atoms with van der Waals surface area (Å²) < 4.78 is 4.74. The maximum atomic E-state index is 5.15. The fourth-order valence-corrected chi connectivity index (χ4v) is 7.32. The molecule has 5 aromatic heterocycles. The Bertz CT molecular complexity index is 2440. The van der Waals surface area contributed by atoms with Crippen molar-refractivity contribution >= 4 is 54.9 Å². The lowest BCUT2D eigenvalue weighted by Crippen LogP contribution is -1.96. The molecule has 0 N–H and O–H groups in total. The maximum Gasteiger partial charge on any atom is 0.144 e. The first-order valence-corrected chi connectivity index (χ1v) is 15.0. The number of fused-ring (bicyclic) bond motifs is 6. The van der Waals surface area contributed by atoms with Crippen LogP contribution in [0.5, 0.6) is 0 Å². The standard InChI is InChI=1S/C37H23N5S/c1-2-12-24(13-3-1)41-31-18-6-4-14-25(31)27-22-28-26-15-5-7-19-32(26)42(34(28)23-33(27)41)37-35(29-16-8-10-20-38-29)40-36(43-37)30-17-9-11-21-39-30/h1-23H. The zero-order chi connectivity index (χ0) is 28.3. The van der Waals surface area contributed by atoms with Crippen LogP contribution in [0.15, 0.2) is 140 Å². The van der Waals surface area contributed by atoms with Gasteiger partial charge in [-0.25, -0.2) is 4.98 Å². The number of hydrogen-bond donors (Lipinski definition) is 0. The van der Waals surface area contributed by atoms with Gasteiger partial charge in [-0.15, -0.1) is 0 Å². The molecule has 0 atom stereocenters. The Morgan fingerprint density at radius 1 is 0.465 bits per heavy atom.